The molecule has 16 heavy (non-hydrogen) atoms. The standard InChI is InChI=1S/C13H18N2O/c1-10-3-4-13(14-9-10)15-7-5-12(6-8-15)11(2)16/h3-4,9,12,16H,2,5-8H2,1H3. The van der Waals surface area contributed by atoms with Crippen LogP contribution in [-0.4, -0.2) is 23.2 Å². The van der Waals surface area contributed by atoms with Crippen molar-refractivity contribution in [3.63, 3.8) is 0 Å². The molecule has 0 bridgehead atoms. The van der Waals surface area contributed by atoms with Crippen molar-refractivity contribution in [3.05, 3.63) is 36.2 Å². The molecule has 86 valence electrons. The SMILES string of the molecule is C=C(O)C1CCN(c2ccc(C)cn2)CC1. The van der Waals surface area contributed by atoms with Crippen molar-refractivity contribution in [3.8, 4) is 0 Å². The second-order valence-corrected chi connectivity index (χ2v) is 4.45. The summed E-state index contributed by atoms with van der Waals surface area (Å²) < 4.78 is 0. The number of nitrogens with zero attached hydrogens (tertiary/aromatic N) is 2. The molecular weight excluding hydrogens is 200 g/mol. The largest absolute Gasteiger partial charge is 0.513 e. The molecule has 0 unspecified atom stereocenters. The Bertz CT molecular complexity index is 364. The van der Waals surface area contributed by atoms with Gasteiger partial charge in [-0.25, -0.2) is 4.98 Å². The Hall–Kier alpha value is -1.51. The van der Waals surface area contributed by atoms with Gasteiger partial charge in [-0.3, -0.25) is 0 Å². The van der Waals surface area contributed by atoms with Crippen LogP contribution in [0.3, 0.4) is 0 Å². The van der Waals surface area contributed by atoms with Gasteiger partial charge in [0.2, 0.25) is 0 Å². The Labute approximate surface area is 96.4 Å². The molecule has 1 saturated heterocycles. The molecule has 3 heteroatoms. The summed E-state index contributed by atoms with van der Waals surface area (Å²) in [6, 6.07) is 4.14. The molecule has 1 fully saturated rings. The predicted octanol–water partition coefficient (Wildman–Crippen LogP) is 2.68. The van der Waals surface area contributed by atoms with Gasteiger partial charge in [-0.05, 0) is 31.4 Å². The fourth-order valence-corrected chi connectivity index (χ4v) is 2.09. The second-order valence-electron chi connectivity index (χ2n) is 4.45. The number of allylic oxidation sites excluding steroid dienone is 1. The maximum absolute atomic E-state index is 9.34. The predicted molar refractivity (Wildman–Crippen MR) is 65.7 cm³/mol. The Balaban J connectivity index is 1.99. The molecule has 0 radical (unpaired) electrons. The molecule has 2 heterocycles. The molecule has 0 aliphatic carbocycles. The Morgan fingerprint density at radius 3 is 2.62 bits per heavy atom. The van der Waals surface area contributed by atoms with E-state index >= 15 is 0 Å². The third-order valence-corrected chi connectivity index (χ3v) is 3.19. The molecule has 0 aromatic carbocycles. The highest BCUT2D eigenvalue weighted by molar-refractivity contribution is 5.39. The van der Waals surface area contributed by atoms with Crippen LogP contribution in [0.4, 0.5) is 5.82 Å². The average molecular weight is 218 g/mol. The van der Waals surface area contributed by atoms with Crippen LogP contribution in [0, 0.1) is 12.8 Å². The molecule has 1 aliphatic rings. The number of hydrogen-bond acceptors (Lipinski definition) is 3. The first-order valence-corrected chi connectivity index (χ1v) is 5.72. The van der Waals surface area contributed by atoms with E-state index in [0.29, 0.717) is 5.76 Å². The lowest BCUT2D eigenvalue weighted by molar-refractivity contribution is 0.297. The highest BCUT2D eigenvalue weighted by Gasteiger charge is 2.21. The van der Waals surface area contributed by atoms with Crippen LogP contribution in [-0.2, 0) is 0 Å². The first-order chi connectivity index (χ1) is 7.66. The molecule has 2 rings (SSSR count). The summed E-state index contributed by atoms with van der Waals surface area (Å²) in [5.41, 5.74) is 1.18. The number of rotatable bonds is 2. The molecule has 1 aliphatic heterocycles. The van der Waals surface area contributed by atoms with Gasteiger partial charge in [-0.1, -0.05) is 12.6 Å². The molecule has 3 nitrogen and oxygen atoms in total. The monoisotopic (exact) mass is 218 g/mol. The molecule has 1 aromatic rings. The van der Waals surface area contributed by atoms with E-state index in [-0.39, 0.29) is 5.92 Å². The molecule has 1 aromatic heterocycles. The molecular formula is C13H18N2O. The van der Waals surface area contributed by atoms with Crippen molar-refractivity contribution >= 4 is 5.82 Å². The van der Waals surface area contributed by atoms with Crippen molar-refractivity contribution in [2.45, 2.75) is 19.8 Å². The summed E-state index contributed by atoms with van der Waals surface area (Å²) in [5, 5.41) is 9.34. The van der Waals surface area contributed by atoms with Crippen LogP contribution in [0.15, 0.2) is 30.7 Å². The lowest BCUT2D eigenvalue weighted by atomic mass is 9.95. The van der Waals surface area contributed by atoms with Crippen LogP contribution in [0.5, 0.6) is 0 Å². The van der Waals surface area contributed by atoms with E-state index in [1.807, 2.05) is 13.1 Å². The van der Waals surface area contributed by atoms with Gasteiger partial charge in [0.1, 0.15) is 5.82 Å². The second kappa shape index (κ2) is 4.56. The summed E-state index contributed by atoms with van der Waals surface area (Å²) in [6.07, 6.45) is 3.82. The van der Waals surface area contributed by atoms with E-state index in [1.165, 1.54) is 5.56 Å². The van der Waals surface area contributed by atoms with Gasteiger partial charge >= 0.3 is 0 Å². The normalized spacial score (nSPS) is 17.4. The smallest absolute Gasteiger partial charge is 0.128 e. The van der Waals surface area contributed by atoms with Crippen LogP contribution >= 0.6 is 0 Å². The van der Waals surface area contributed by atoms with E-state index < -0.39 is 0 Å². The summed E-state index contributed by atoms with van der Waals surface area (Å²) >= 11 is 0. The Kier molecular flexibility index (Phi) is 3.13. The average Bonchev–Trinajstić information content (AvgIpc) is 2.30. The third kappa shape index (κ3) is 2.35. The minimum Gasteiger partial charge on any atom is -0.513 e. The zero-order chi connectivity index (χ0) is 11.5. The molecule has 0 spiro atoms. The number of anilines is 1. The van der Waals surface area contributed by atoms with Gasteiger partial charge in [0.05, 0.1) is 5.76 Å². The van der Waals surface area contributed by atoms with Crippen LogP contribution < -0.4 is 4.90 Å². The topological polar surface area (TPSA) is 36.4 Å². The summed E-state index contributed by atoms with van der Waals surface area (Å²) in [6.45, 7) is 7.54. The number of aromatic nitrogens is 1. The summed E-state index contributed by atoms with van der Waals surface area (Å²) in [4.78, 5) is 6.68. The summed E-state index contributed by atoms with van der Waals surface area (Å²) in [5.74, 6) is 1.63. The van der Waals surface area contributed by atoms with Gasteiger partial charge in [-0.2, -0.15) is 0 Å². The Morgan fingerprint density at radius 2 is 2.12 bits per heavy atom. The number of hydrogen-bond donors (Lipinski definition) is 1. The van der Waals surface area contributed by atoms with Crippen LogP contribution in [0.1, 0.15) is 18.4 Å². The van der Waals surface area contributed by atoms with Crippen molar-refractivity contribution in [2.24, 2.45) is 5.92 Å². The fourth-order valence-electron chi connectivity index (χ4n) is 2.09. The van der Waals surface area contributed by atoms with E-state index in [9.17, 15) is 5.11 Å². The third-order valence-electron chi connectivity index (χ3n) is 3.19. The van der Waals surface area contributed by atoms with Crippen molar-refractivity contribution < 1.29 is 5.11 Å². The van der Waals surface area contributed by atoms with Gasteiger partial charge in [-0.15, -0.1) is 0 Å². The Morgan fingerprint density at radius 1 is 1.44 bits per heavy atom. The molecule has 0 saturated carbocycles. The highest BCUT2D eigenvalue weighted by Crippen LogP contribution is 2.24. The van der Waals surface area contributed by atoms with E-state index in [2.05, 4.69) is 28.6 Å². The number of aliphatic hydroxyl groups excluding tert-OH is 1. The molecule has 0 atom stereocenters. The zero-order valence-electron chi connectivity index (χ0n) is 9.69. The molecule has 0 amide bonds. The maximum atomic E-state index is 9.34. The lowest BCUT2D eigenvalue weighted by Gasteiger charge is -2.32. The van der Waals surface area contributed by atoms with Gasteiger partial charge in [0.15, 0.2) is 0 Å². The van der Waals surface area contributed by atoms with E-state index in [1.54, 1.807) is 0 Å². The fraction of sp³-hybridized carbons (Fsp3) is 0.462. The lowest BCUT2D eigenvalue weighted by Crippen LogP contribution is -2.34. The molecule has 1 N–H and O–H groups in total. The quantitative estimate of drug-likeness (QED) is 0.775. The number of pyridine rings is 1. The minimum absolute atomic E-state index is 0.265. The van der Waals surface area contributed by atoms with Gasteiger partial charge in [0, 0.05) is 25.2 Å². The van der Waals surface area contributed by atoms with Crippen molar-refractivity contribution in [2.75, 3.05) is 18.0 Å². The first-order valence-electron chi connectivity index (χ1n) is 5.72. The highest BCUT2D eigenvalue weighted by atomic mass is 16.3. The first kappa shape index (κ1) is 11.0. The van der Waals surface area contributed by atoms with Gasteiger partial charge < -0.3 is 10.0 Å². The van der Waals surface area contributed by atoms with Gasteiger partial charge in [0.25, 0.3) is 0 Å². The van der Waals surface area contributed by atoms with Crippen molar-refractivity contribution in [1.29, 1.82) is 0 Å². The van der Waals surface area contributed by atoms with E-state index in [4.69, 9.17) is 0 Å². The van der Waals surface area contributed by atoms with Crippen molar-refractivity contribution in [1.82, 2.24) is 4.98 Å². The number of aryl methyl sites for hydroxylation is 1. The van der Waals surface area contributed by atoms with E-state index in [0.717, 1.165) is 31.7 Å². The zero-order valence-corrected chi connectivity index (χ0v) is 9.69. The minimum atomic E-state index is 0.265. The summed E-state index contributed by atoms with van der Waals surface area (Å²) in [7, 11) is 0. The number of aliphatic hydroxyl groups is 1. The maximum Gasteiger partial charge on any atom is 0.128 e. The van der Waals surface area contributed by atoms with Crippen LogP contribution in [0.25, 0.3) is 0 Å². The number of piperidine rings is 1. The van der Waals surface area contributed by atoms with Crippen LogP contribution in [0.2, 0.25) is 0 Å².